The Bertz CT molecular complexity index is 387. The number of aliphatic hydroxyl groups is 1. The number of hydrogen-bond donors (Lipinski definition) is 2. The van der Waals surface area contributed by atoms with Gasteiger partial charge in [0.15, 0.2) is 0 Å². The highest BCUT2D eigenvalue weighted by Crippen LogP contribution is 2.18. The van der Waals surface area contributed by atoms with Crippen LogP contribution < -0.4 is 5.32 Å². The summed E-state index contributed by atoms with van der Waals surface area (Å²) in [5, 5.41) is 21.5. The van der Waals surface area contributed by atoms with Crippen molar-refractivity contribution in [2.45, 2.75) is 71.6 Å². The molecule has 0 amide bonds. The molecule has 0 aliphatic carbocycles. The van der Waals surface area contributed by atoms with E-state index < -0.39 is 0 Å². The Kier molecular flexibility index (Phi) is 5.10. The Morgan fingerprint density at radius 1 is 1.26 bits per heavy atom. The molecular formula is C14H28N4O. The van der Waals surface area contributed by atoms with Crippen molar-refractivity contribution in [2.75, 3.05) is 6.54 Å². The predicted molar refractivity (Wildman–Crippen MR) is 77.1 cm³/mol. The molecule has 1 atom stereocenters. The second kappa shape index (κ2) is 6.01. The summed E-state index contributed by atoms with van der Waals surface area (Å²) in [4.78, 5) is 0. The van der Waals surface area contributed by atoms with E-state index in [0.717, 1.165) is 5.69 Å². The molecule has 1 heterocycles. The molecule has 1 unspecified atom stereocenters. The van der Waals surface area contributed by atoms with E-state index in [-0.39, 0.29) is 17.1 Å². The van der Waals surface area contributed by atoms with Crippen molar-refractivity contribution in [1.82, 2.24) is 20.3 Å². The molecule has 2 N–H and O–H groups in total. The normalized spacial score (nSPS) is 14.7. The lowest BCUT2D eigenvalue weighted by Crippen LogP contribution is -2.41. The lowest BCUT2D eigenvalue weighted by Gasteiger charge is -2.22. The van der Waals surface area contributed by atoms with Gasteiger partial charge in [-0.2, -0.15) is 0 Å². The Labute approximate surface area is 116 Å². The summed E-state index contributed by atoms with van der Waals surface area (Å²) in [5.41, 5.74) is 1.04. The molecule has 0 spiro atoms. The maximum Gasteiger partial charge on any atom is 0.0880 e. The maximum absolute atomic E-state index is 9.92. The van der Waals surface area contributed by atoms with E-state index in [4.69, 9.17) is 0 Å². The molecule has 0 saturated carbocycles. The van der Waals surface area contributed by atoms with Gasteiger partial charge in [0.25, 0.3) is 0 Å². The van der Waals surface area contributed by atoms with Crippen molar-refractivity contribution in [1.29, 1.82) is 0 Å². The van der Waals surface area contributed by atoms with Crippen LogP contribution in [0.15, 0.2) is 6.20 Å². The molecule has 0 bridgehead atoms. The Hall–Kier alpha value is -0.940. The van der Waals surface area contributed by atoms with Crippen LogP contribution in [-0.4, -0.2) is 38.3 Å². The zero-order valence-electron chi connectivity index (χ0n) is 13.1. The van der Waals surface area contributed by atoms with Crippen LogP contribution in [0.4, 0.5) is 0 Å². The molecule has 0 fully saturated rings. The van der Waals surface area contributed by atoms with Gasteiger partial charge in [0.2, 0.25) is 0 Å². The first-order valence-corrected chi connectivity index (χ1v) is 6.91. The van der Waals surface area contributed by atoms with Crippen LogP contribution in [-0.2, 0) is 12.0 Å². The molecule has 0 aromatic carbocycles. The van der Waals surface area contributed by atoms with E-state index in [9.17, 15) is 5.11 Å². The molecule has 5 nitrogen and oxygen atoms in total. The smallest absolute Gasteiger partial charge is 0.0880 e. The summed E-state index contributed by atoms with van der Waals surface area (Å²) in [7, 11) is 0. The van der Waals surface area contributed by atoms with Gasteiger partial charge < -0.3 is 10.4 Å². The number of β-amino-alcohol motifs (C(OH)–C–C–N with tert-alkyl or cyclic N) is 1. The summed E-state index contributed by atoms with van der Waals surface area (Å²) in [6, 6.07) is 0. The lowest BCUT2D eigenvalue weighted by atomic mass is 9.93. The SMILES string of the molecule is CC(C)(C)NCC(O)CCn1cc(C(C)(C)C)nn1. The molecule has 0 radical (unpaired) electrons. The Morgan fingerprint density at radius 2 is 1.89 bits per heavy atom. The van der Waals surface area contributed by atoms with Crippen LogP contribution >= 0.6 is 0 Å². The van der Waals surface area contributed by atoms with Gasteiger partial charge in [-0.3, -0.25) is 4.68 Å². The number of hydrogen-bond acceptors (Lipinski definition) is 4. The average molecular weight is 268 g/mol. The minimum Gasteiger partial charge on any atom is -0.392 e. The number of nitrogens with zero attached hydrogens (tertiary/aromatic N) is 3. The summed E-state index contributed by atoms with van der Waals surface area (Å²) in [6.45, 7) is 13.9. The third-order valence-corrected chi connectivity index (χ3v) is 2.87. The second-order valence-corrected chi connectivity index (χ2v) is 7.19. The second-order valence-electron chi connectivity index (χ2n) is 7.19. The number of aryl methyl sites for hydroxylation is 1. The maximum atomic E-state index is 9.92. The minimum atomic E-state index is -0.360. The van der Waals surface area contributed by atoms with Crippen molar-refractivity contribution >= 4 is 0 Å². The summed E-state index contributed by atoms with van der Waals surface area (Å²) >= 11 is 0. The fourth-order valence-electron chi connectivity index (χ4n) is 1.56. The van der Waals surface area contributed by atoms with Crippen LogP contribution in [0.2, 0.25) is 0 Å². The fourth-order valence-corrected chi connectivity index (χ4v) is 1.56. The number of rotatable bonds is 5. The molecule has 19 heavy (non-hydrogen) atoms. The van der Waals surface area contributed by atoms with Crippen LogP contribution in [0.3, 0.4) is 0 Å². The summed E-state index contributed by atoms with van der Waals surface area (Å²) in [5.74, 6) is 0. The molecule has 1 aromatic heterocycles. The molecule has 1 rings (SSSR count). The average Bonchev–Trinajstić information content (AvgIpc) is 2.70. The highest BCUT2D eigenvalue weighted by atomic mass is 16.3. The largest absolute Gasteiger partial charge is 0.392 e. The van der Waals surface area contributed by atoms with Gasteiger partial charge in [-0.15, -0.1) is 5.10 Å². The number of aromatic nitrogens is 3. The van der Waals surface area contributed by atoms with Gasteiger partial charge in [-0.05, 0) is 27.2 Å². The molecule has 5 heteroatoms. The van der Waals surface area contributed by atoms with Gasteiger partial charge >= 0.3 is 0 Å². The third kappa shape index (κ3) is 6.16. The minimum absolute atomic E-state index is 0.0185. The van der Waals surface area contributed by atoms with Crippen LogP contribution in [0.5, 0.6) is 0 Å². The van der Waals surface area contributed by atoms with E-state index in [0.29, 0.717) is 19.5 Å². The summed E-state index contributed by atoms with van der Waals surface area (Å²) in [6.07, 6.45) is 2.28. The monoisotopic (exact) mass is 268 g/mol. The first-order valence-electron chi connectivity index (χ1n) is 6.91. The molecule has 0 aliphatic rings. The van der Waals surface area contributed by atoms with E-state index >= 15 is 0 Å². The van der Waals surface area contributed by atoms with Crippen LogP contribution in [0.25, 0.3) is 0 Å². The topological polar surface area (TPSA) is 63.0 Å². The molecule has 1 aromatic rings. The highest BCUT2D eigenvalue weighted by molar-refractivity contribution is 5.06. The lowest BCUT2D eigenvalue weighted by molar-refractivity contribution is 0.144. The number of nitrogens with one attached hydrogen (secondary N) is 1. The third-order valence-electron chi connectivity index (χ3n) is 2.87. The van der Waals surface area contributed by atoms with Crippen LogP contribution in [0.1, 0.15) is 53.7 Å². The van der Waals surface area contributed by atoms with E-state index in [2.05, 4.69) is 57.2 Å². The zero-order valence-corrected chi connectivity index (χ0v) is 13.1. The van der Waals surface area contributed by atoms with Gasteiger partial charge in [-0.25, -0.2) is 0 Å². The van der Waals surface area contributed by atoms with Gasteiger partial charge in [-0.1, -0.05) is 26.0 Å². The number of aliphatic hydroxyl groups excluding tert-OH is 1. The summed E-state index contributed by atoms with van der Waals surface area (Å²) < 4.78 is 1.81. The Balaban J connectivity index is 2.38. The van der Waals surface area contributed by atoms with Gasteiger partial charge in [0, 0.05) is 30.2 Å². The predicted octanol–water partition coefficient (Wildman–Crippen LogP) is 1.71. The molecule has 0 aliphatic heterocycles. The quantitative estimate of drug-likeness (QED) is 0.853. The van der Waals surface area contributed by atoms with E-state index in [1.54, 1.807) is 4.68 Å². The van der Waals surface area contributed by atoms with Crippen molar-refractivity contribution in [3.63, 3.8) is 0 Å². The van der Waals surface area contributed by atoms with E-state index in [1.165, 1.54) is 0 Å². The van der Waals surface area contributed by atoms with Gasteiger partial charge in [0.05, 0.1) is 11.8 Å². The first-order chi connectivity index (χ1) is 8.58. The van der Waals surface area contributed by atoms with Crippen molar-refractivity contribution < 1.29 is 5.11 Å². The Morgan fingerprint density at radius 3 is 2.37 bits per heavy atom. The first kappa shape index (κ1) is 16.1. The zero-order chi connectivity index (χ0) is 14.7. The molecule has 0 saturated heterocycles. The highest BCUT2D eigenvalue weighted by Gasteiger charge is 2.18. The van der Waals surface area contributed by atoms with Crippen molar-refractivity contribution in [3.8, 4) is 0 Å². The fraction of sp³-hybridized carbons (Fsp3) is 0.857. The van der Waals surface area contributed by atoms with Crippen molar-refractivity contribution in [3.05, 3.63) is 11.9 Å². The van der Waals surface area contributed by atoms with E-state index in [1.807, 2.05) is 6.20 Å². The molecular weight excluding hydrogens is 240 g/mol. The standard InChI is InChI=1S/C14H28N4O/c1-13(2,3)12-10-18(17-16-12)8-7-11(19)9-15-14(4,5)6/h10-11,15,19H,7-9H2,1-6H3. The van der Waals surface area contributed by atoms with Crippen molar-refractivity contribution in [2.24, 2.45) is 0 Å². The molecule has 110 valence electrons. The van der Waals surface area contributed by atoms with Crippen LogP contribution in [0, 0.1) is 0 Å². The van der Waals surface area contributed by atoms with Gasteiger partial charge in [0.1, 0.15) is 0 Å².